The van der Waals surface area contributed by atoms with E-state index in [1.165, 1.54) is 5.56 Å². The molecule has 0 aromatic heterocycles. The number of aliphatic carboxylic acids is 1. The third kappa shape index (κ3) is 7.34. The van der Waals surface area contributed by atoms with Crippen molar-refractivity contribution in [2.45, 2.75) is 90.3 Å². The van der Waals surface area contributed by atoms with Crippen LogP contribution in [0.25, 0.3) is 0 Å². The summed E-state index contributed by atoms with van der Waals surface area (Å²) < 4.78 is 11.8. The fourth-order valence-electron chi connectivity index (χ4n) is 6.16. The average Bonchev–Trinajstić information content (AvgIpc) is 3.47. The number of amides is 2. The molecular weight excluding hydrogens is 518 g/mol. The lowest BCUT2D eigenvalue weighted by atomic mass is 9.72. The molecule has 2 fully saturated rings. The molecular formula is C33H47N3O5. The summed E-state index contributed by atoms with van der Waals surface area (Å²) in [6.07, 6.45) is 5.84. The second-order valence-corrected chi connectivity index (χ2v) is 11.4. The van der Waals surface area contributed by atoms with Crippen LogP contribution in [0.2, 0.25) is 0 Å². The lowest BCUT2D eigenvalue weighted by molar-refractivity contribution is -0.151. The van der Waals surface area contributed by atoms with Gasteiger partial charge in [-0.05, 0) is 109 Å². The second-order valence-electron chi connectivity index (χ2n) is 11.4. The minimum atomic E-state index is -1.23. The highest BCUT2D eigenvalue weighted by molar-refractivity contribution is 5.87. The number of nitrogens with one attached hydrogen (secondary N) is 1. The van der Waals surface area contributed by atoms with Gasteiger partial charge in [0.1, 0.15) is 17.0 Å². The highest BCUT2D eigenvalue weighted by atomic mass is 16.5. The molecule has 0 unspecified atom stereocenters. The number of benzene rings is 2. The zero-order valence-corrected chi connectivity index (χ0v) is 25.2. The monoisotopic (exact) mass is 565 g/mol. The van der Waals surface area contributed by atoms with Gasteiger partial charge in [0.25, 0.3) is 0 Å². The lowest BCUT2D eigenvalue weighted by Gasteiger charge is -2.49. The number of carbonyl (C=O) groups excluding carboxylic acids is 1. The van der Waals surface area contributed by atoms with E-state index >= 15 is 0 Å². The van der Waals surface area contributed by atoms with Crippen LogP contribution >= 0.6 is 0 Å². The van der Waals surface area contributed by atoms with E-state index in [1.54, 1.807) is 4.90 Å². The lowest BCUT2D eigenvalue weighted by Crippen LogP contribution is -2.68. The van der Waals surface area contributed by atoms with Crippen molar-refractivity contribution in [1.82, 2.24) is 15.1 Å². The van der Waals surface area contributed by atoms with Crippen LogP contribution in [0.15, 0.2) is 42.5 Å². The summed E-state index contributed by atoms with van der Waals surface area (Å²) in [6, 6.07) is 13.9. The normalized spacial score (nSPS) is 21.1. The van der Waals surface area contributed by atoms with Gasteiger partial charge in [-0.1, -0.05) is 30.3 Å². The molecule has 2 aromatic rings. The first kappa shape index (κ1) is 30.7. The molecule has 1 aliphatic carbocycles. The summed E-state index contributed by atoms with van der Waals surface area (Å²) in [5.74, 6) is 0.518. The Hall–Kier alpha value is -3.26. The Balaban J connectivity index is 1.54. The van der Waals surface area contributed by atoms with Crippen molar-refractivity contribution in [1.29, 1.82) is 0 Å². The molecule has 8 heteroatoms. The maximum atomic E-state index is 13.9. The Labute approximate surface area is 245 Å². The number of carboxylic acids is 1. The van der Waals surface area contributed by atoms with Gasteiger partial charge in [0.15, 0.2) is 0 Å². The van der Waals surface area contributed by atoms with Gasteiger partial charge in [-0.3, -0.25) is 0 Å². The molecule has 1 aliphatic heterocycles. The van der Waals surface area contributed by atoms with Gasteiger partial charge in [-0.15, -0.1) is 0 Å². The smallest absolute Gasteiger partial charge is 0.329 e. The van der Waals surface area contributed by atoms with Crippen LogP contribution in [0.1, 0.15) is 82.0 Å². The third-order valence-corrected chi connectivity index (χ3v) is 8.68. The van der Waals surface area contributed by atoms with Crippen LogP contribution in [0.5, 0.6) is 11.5 Å². The molecule has 1 saturated carbocycles. The molecule has 224 valence electrons. The van der Waals surface area contributed by atoms with Crippen molar-refractivity contribution in [3.8, 4) is 11.5 Å². The minimum absolute atomic E-state index is 0.213. The van der Waals surface area contributed by atoms with Crippen molar-refractivity contribution in [2.24, 2.45) is 0 Å². The number of carboxylic acid groups (broad SMARTS) is 1. The van der Waals surface area contributed by atoms with Crippen molar-refractivity contribution >= 4 is 12.0 Å². The Kier molecular flexibility index (Phi) is 10.5. The van der Waals surface area contributed by atoms with E-state index in [-0.39, 0.29) is 18.1 Å². The van der Waals surface area contributed by atoms with Gasteiger partial charge in [0.05, 0.1) is 19.3 Å². The van der Waals surface area contributed by atoms with Gasteiger partial charge in [0, 0.05) is 18.2 Å². The van der Waals surface area contributed by atoms with Crippen molar-refractivity contribution in [2.75, 3.05) is 32.8 Å². The third-order valence-electron chi connectivity index (χ3n) is 8.68. The fraction of sp³-hybridized carbons (Fsp3) is 0.576. The predicted octanol–water partition coefficient (Wildman–Crippen LogP) is 5.97. The molecule has 2 amide bonds. The Morgan fingerprint density at radius 3 is 2.22 bits per heavy atom. The molecule has 1 saturated heterocycles. The summed E-state index contributed by atoms with van der Waals surface area (Å²) >= 11 is 0. The van der Waals surface area contributed by atoms with Crippen LogP contribution in [-0.4, -0.2) is 71.3 Å². The molecule has 4 rings (SSSR count). The molecule has 8 nitrogen and oxygen atoms in total. The number of urea groups is 1. The highest BCUT2D eigenvalue weighted by Gasteiger charge is 2.54. The number of nitrogens with zero attached hydrogens (tertiary/aromatic N) is 2. The predicted molar refractivity (Wildman–Crippen MR) is 161 cm³/mol. The summed E-state index contributed by atoms with van der Waals surface area (Å²) in [7, 11) is 0. The van der Waals surface area contributed by atoms with Gasteiger partial charge in [0.2, 0.25) is 0 Å². The Morgan fingerprint density at radius 1 is 1.05 bits per heavy atom. The number of likely N-dealkylation sites (tertiary alicyclic amines) is 1. The van der Waals surface area contributed by atoms with E-state index in [2.05, 4.69) is 22.3 Å². The first-order valence-corrected chi connectivity index (χ1v) is 15.3. The Morgan fingerprint density at radius 2 is 1.66 bits per heavy atom. The number of ether oxygens (including phenoxy) is 2. The van der Waals surface area contributed by atoms with Crippen molar-refractivity contribution in [3.63, 3.8) is 0 Å². The number of unbranched alkanes of at least 4 members (excludes halogenated alkanes) is 1. The van der Waals surface area contributed by atoms with E-state index in [9.17, 15) is 14.7 Å². The highest BCUT2D eigenvalue weighted by Crippen LogP contribution is 2.39. The van der Waals surface area contributed by atoms with Crippen LogP contribution in [-0.2, 0) is 11.2 Å². The first-order chi connectivity index (χ1) is 19.8. The molecule has 2 aliphatic rings. The van der Waals surface area contributed by atoms with E-state index < -0.39 is 11.5 Å². The number of aryl methyl sites for hydroxylation is 1. The largest absolute Gasteiger partial charge is 0.493 e. The van der Waals surface area contributed by atoms with Crippen LogP contribution < -0.4 is 14.8 Å². The van der Waals surface area contributed by atoms with Crippen LogP contribution in [0.3, 0.4) is 0 Å². The maximum absolute atomic E-state index is 13.9. The topological polar surface area (TPSA) is 91.3 Å². The molecule has 0 spiro atoms. The van der Waals surface area contributed by atoms with Gasteiger partial charge >= 0.3 is 12.0 Å². The van der Waals surface area contributed by atoms with E-state index in [1.807, 2.05) is 58.0 Å². The van der Waals surface area contributed by atoms with Gasteiger partial charge in [-0.2, -0.15) is 0 Å². The summed E-state index contributed by atoms with van der Waals surface area (Å²) in [4.78, 5) is 30.5. The summed E-state index contributed by atoms with van der Waals surface area (Å²) in [6.45, 7) is 11.4. The van der Waals surface area contributed by atoms with E-state index in [0.29, 0.717) is 32.6 Å². The van der Waals surface area contributed by atoms with Crippen LogP contribution in [0.4, 0.5) is 4.79 Å². The second kappa shape index (κ2) is 14.1. The van der Waals surface area contributed by atoms with Gasteiger partial charge in [-0.25, -0.2) is 9.59 Å². The molecule has 1 atom stereocenters. The summed E-state index contributed by atoms with van der Waals surface area (Å²) in [5.41, 5.74) is 1.86. The standard InChI is InChI=1S/C33H47N3O5/c1-5-40-29-20-27(21-30(24(29)3)41-6-2)25(4)36(19-11-10-16-26-14-8-7-9-15-26)32(39)34-33(31(37)38)22-28(23-33)35-17-12-13-18-35/h7-9,14-15,20-21,25,28H,5-6,10-13,16-19,22-23H2,1-4H3,(H,34,39)(H,37,38)/t25-,28?,33?/m1/s1. The molecule has 41 heavy (non-hydrogen) atoms. The molecule has 0 bridgehead atoms. The fourth-order valence-corrected chi connectivity index (χ4v) is 6.16. The molecule has 1 heterocycles. The number of rotatable bonds is 14. The number of carbonyl (C=O) groups is 2. The first-order valence-electron chi connectivity index (χ1n) is 15.3. The number of hydrogen-bond donors (Lipinski definition) is 2. The van der Waals surface area contributed by atoms with E-state index in [0.717, 1.165) is 67.8 Å². The van der Waals surface area contributed by atoms with Crippen LogP contribution in [0, 0.1) is 6.92 Å². The Bertz CT molecular complexity index is 1130. The van der Waals surface area contributed by atoms with E-state index in [4.69, 9.17) is 9.47 Å². The average molecular weight is 566 g/mol. The van der Waals surface area contributed by atoms with Crippen molar-refractivity contribution in [3.05, 3.63) is 59.2 Å². The van der Waals surface area contributed by atoms with Gasteiger partial charge < -0.3 is 29.7 Å². The molecule has 2 aromatic carbocycles. The molecule has 2 N–H and O–H groups in total. The zero-order chi connectivity index (χ0) is 29.4. The molecule has 0 radical (unpaired) electrons. The quantitative estimate of drug-likeness (QED) is 0.274. The minimum Gasteiger partial charge on any atom is -0.493 e. The number of hydrogen-bond acceptors (Lipinski definition) is 5. The SMILES string of the molecule is CCOc1cc([C@@H](C)N(CCCCc2ccccc2)C(=O)NC2(C(=O)O)CC(N3CCCC3)C2)cc(OCC)c1C. The zero-order valence-electron chi connectivity index (χ0n) is 25.2. The van der Waals surface area contributed by atoms with Crippen molar-refractivity contribution < 1.29 is 24.2 Å². The maximum Gasteiger partial charge on any atom is 0.329 e. The summed E-state index contributed by atoms with van der Waals surface area (Å²) in [5, 5.41) is 13.2.